The Kier molecular flexibility index (Phi) is 4.72. The molecular formula is C12H21N3. The van der Waals surface area contributed by atoms with Crippen molar-refractivity contribution in [1.29, 1.82) is 0 Å². The fraction of sp³-hybridized carbons (Fsp3) is 0.583. The van der Waals surface area contributed by atoms with Crippen molar-refractivity contribution in [2.45, 2.75) is 32.5 Å². The molecule has 3 nitrogen and oxygen atoms in total. The standard InChI is InChI=1S/C12H21N3/c1-10(13-3)11(2)15(4)9-12-7-5-6-8-14-12/h5-8,10-11,13H,9H2,1-4H3. The molecule has 1 aromatic heterocycles. The molecule has 0 saturated heterocycles. The topological polar surface area (TPSA) is 28.2 Å². The van der Waals surface area contributed by atoms with Crippen molar-refractivity contribution >= 4 is 0 Å². The zero-order valence-electron chi connectivity index (χ0n) is 10.1. The number of hydrogen-bond acceptors (Lipinski definition) is 3. The molecule has 3 heteroatoms. The van der Waals surface area contributed by atoms with Gasteiger partial charge in [0.15, 0.2) is 0 Å². The summed E-state index contributed by atoms with van der Waals surface area (Å²) in [6.07, 6.45) is 1.84. The van der Waals surface area contributed by atoms with Crippen LogP contribution in [0.4, 0.5) is 0 Å². The summed E-state index contributed by atoms with van der Waals surface area (Å²) in [6.45, 7) is 5.32. The van der Waals surface area contributed by atoms with Gasteiger partial charge in [0.25, 0.3) is 0 Å². The highest BCUT2D eigenvalue weighted by Crippen LogP contribution is 2.06. The number of nitrogens with one attached hydrogen (secondary N) is 1. The number of aromatic nitrogens is 1. The van der Waals surface area contributed by atoms with Crippen molar-refractivity contribution in [3.63, 3.8) is 0 Å². The van der Waals surface area contributed by atoms with Crippen LogP contribution in [-0.2, 0) is 6.54 Å². The Labute approximate surface area is 92.5 Å². The van der Waals surface area contributed by atoms with Crippen molar-refractivity contribution in [3.05, 3.63) is 30.1 Å². The van der Waals surface area contributed by atoms with Gasteiger partial charge in [-0.2, -0.15) is 0 Å². The van der Waals surface area contributed by atoms with E-state index in [1.165, 1.54) is 0 Å². The second-order valence-electron chi connectivity index (χ2n) is 4.05. The normalized spacial score (nSPS) is 15.3. The van der Waals surface area contributed by atoms with Gasteiger partial charge in [-0.15, -0.1) is 0 Å². The zero-order valence-corrected chi connectivity index (χ0v) is 10.1. The molecule has 0 saturated carbocycles. The lowest BCUT2D eigenvalue weighted by atomic mass is 10.1. The summed E-state index contributed by atoms with van der Waals surface area (Å²) in [4.78, 5) is 6.63. The van der Waals surface area contributed by atoms with E-state index in [4.69, 9.17) is 0 Å². The van der Waals surface area contributed by atoms with E-state index in [1.54, 1.807) is 0 Å². The molecule has 0 aromatic carbocycles. The number of likely N-dealkylation sites (N-methyl/N-ethyl adjacent to an activating group) is 2. The molecule has 1 rings (SSSR count). The minimum atomic E-state index is 0.485. The molecule has 0 aliphatic rings. The molecule has 0 radical (unpaired) electrons. The monoisotopic (exact) mass is 207 g/mol. The first-order valence-corrected chi connectivity index (χ1v) is 5.42. The maximum Gasteiger partial charge on any atom is 0.0543 e. The number of hydrogen-bond donors (Lipinski definition) is 1. The summed E-state index contributed by atoms with van der Waals surface area (Å²) in [5.41, 5.74) is 1.12. The Balaban J connectivity index is 2.52. The Hall–Kier alpha value is -0.930. The van der Waals surface area contributed by atoms with Gasteiger partial charge in [-0.25, -0.2) is 0 Å². The van der Waals surface area contributed by atoms with Gasteiger partial charge < -0.3 is 5.32 Å². The summed E-state index contributed by atoms with van der Waals surface area (Å²) in [6, 6.07) is 7.02. The number of pyridine rings is 1. The first-order valence-electron chi connectivity index (χ1n) is 5.42. The van der Waals surface area contributed by atoms with E-state index in [2.05, 4.69) is 42.2 Å². The highest BCUT2D eigenvalue weighted by molar-refractivity contribution is 5.03. The molecule has 1 N–H and O–H groups in total. The van der Waals surface area contributed by atoms with Crippen LogP contribution in [-0.4, -0.2) is 36.1 Å². The maximum absolute atomic E-state index is 4.32. The van der Waals surface area contributed by atoms with Crippen LogP contribution < -0.4 is 5.32 Å². The van der Waals surface area contributed by atoms with Crippen molar-refractivity contribution in [3.8, 4) is 0 Å². The SMILES string of the molecule is CNC(C)C(C)N(C)Cc1ccccn1. The summed E-state index contributed by atoms with van der Waals surface area (Å²) < 4.78 is 0. The quantitative estimate of drug-likeness (QED) is 0.793. The van der Waals surface area contributed by atoms with Crippen molar-refractivity contribution in [2.75, 3.05) is 14.1 Å². The Morgan fingerprint density at radius 2 is 2.13 bits per heavy atom. The van der Waals surface area contributed by atoms with E-state index in [-0.39, 0.29) is 0 Å². The predicted molar refractivity (Wildman–Crippen MR) is 63.7 cm³/mol. The third-order valence-corrected chi connectivity index (χ3v) is 3.01. The van der Waals surface area contributed by atoms with Gasteiger partial charge in [0.05, 0.1) is 5.69 Å². The molecule has 15 heavy (non-hydrogen) atoms. The van der Waals surface area contributed by atoms with Crippen molar-refractivity contribution < 1.29 is 0 Å². The van der Waals surface area contributed by atoms with Crippen molar-refractivity contribution in [1.82, 2.24) is 15.2 Å². The van der Waals surface area contributed by atoms with Gasteiger partial charge >= 0.3 is 0 Å². The van der Waals surface area contributed by atoms with Crippen LogP contribution >= 0.6 is 0 Å². The molecule has 0 aliphatic heterocycles. The second-order valence-corrected chi connectivity index (χ2v) is 4.05. The van der Waals surface area contributed by atoms with Crippen LogP contribution in [0.2, 0.25) is 0 Å². The smallest absolute Gasteiger partial charge is 0.0543 e. The fourth-order valence-corrected chi connectivity index (χ4v) is 1.51. The van der Waals surface area contributed by atoms with Gasteiger partial charge in [0.1, 0.15) is 0 Å². The van der Waals surface area contributed by atoms with Crippen LogP contribution in [0.25, 0.3) is 0 Å². The minimum Gasteiger partial charge on any atom is -0.316 e. The third kappa shape index (κ3) is 3.61. The Morgan fingerprint density at radius 3 is 2.67 bits per heavy atom. The van der Waals surface area contributed by atoms with E-state index >= 15 is 0 Å². The number of nitrogens with zero attached hydrogens (tertiary/aromatic N) is 2. The largest absolute Gasteiger partial charge is 0.316 e. The molecule has 0 amide bonds. The Morgan fingerprint density at radius 1 is 1.40 bits per heavy atom. The van der Waals surface area contributed by atoms with E-state index in [9.17, 15) is 0 Å². The highest BCUT2D eigenvalue weighted by Gasteiger charge is 2.15. The summed E-state index contributed by atoms with van der Waals surface area (Å²) >= 11 is 0. The van der Waals surface area contributed by atoms with Crippen LogP contribution in [0, 0.1) is 0 Å². The Bertz CT molecular complexity index is 273. The van der Waals surface area contributed by atoms with Crippen LogP contribution in [0.15, 0.2) is 24.4 Å². The molecule has 1 aromatic rings. The number of rotatable bonds is 5. The van der Waals surface area contributed by atoms with Crippen LogP contribution in [0.5, 0.6) is 0 Å². The van der Waals surface area contributed by atoms with E-state index in [0.29, 0.717) is 12.1 Å². The average molecular weight is 207 g/mol. The molecular weight excluding hydrogens is 186 g/mol. The lowest BCUT2D eigenvalue weighted by Gasteiger charge is -2.29. The lowest BCUT2D eigenvalue weighted by molar-refractivity contribution is 0.209. The van der Waals surface area contributed by atoms with Crippen LogP contribution in [0.1, 0.15) is 19.5 Å². The first kappa shape index (κ1) is 12.1. The minimum absolute atomic E-state index is 0.485. The van der Waals surface area contributed by atoms with Crippen molar-refractivity contribution in [2.24, 2.45) is 0 Å². The predicted octanol–water partition coefficient (Wildman–Crippen LogP) is 1.51. The van der Waals surface area contributed by atoms with Gasteiger partial charge in [0.2, 0.25) is 0 Å². The fourth-order valence-electron chi connectivity index (χ4n) is 1.51. The van der Waals surface area contributed by atoms with Crippen LogP contribution in [0.3, 0.4) is 0 Å². The summed E-state index contributed by atoms with van der Waals surface area (Å²) in [5, 5.41) is 3.27. The molecule has 0 spiro atoms. The molecule has 2 atom stereocenters. The third-order valence-electron chi connectivity index (χ3n) is 3.01. The molecule has 2 unspecified atom stereocenters. The van der Waals surface area contributed by atoms with E-state index in [1.807, 2.05) is 25.4 Å². The first-order chi connectivity index (χ1) is 7.15. The molecule has 0 aliphatic carbocycles. The summed E-state index contributed by atoms with van der Waals surface area (Å²) in [5.74, 6) is 0. The van der Waals surface area contributed by atoms with Gasteiger partial charge in [-0.05, 0) is 40.1 Å². The lowest BCUT2D eigenvalue weighted by Crippen LogP contribution is -2.43. The highest BCUT2D eigenvalue weighted by atomic mass is 15.2. The van der Waals surface area contributed by atoms with Gasteiger partial charge in [-0.1, -0.05) is 6.07 Å². The molecule has 0 bridgehead atoms. The maximum atomic E-state index is 4.32. The molecule has 84 valence electrons. The average Bonchev–Trinajstić information content (AvgIpc) is 2.28. The van der Waals surface area contributed by atoms with Gasteiger partial charge in [-0.3, -0.25) is 9.88 Å². The second kappa shape index (κ2) is 5.83. The zero-order chi connectivity index (χ0) is 11.3. The van der Waals surface area contributed by atoms with E-state index < -0.39 is 0 Å². The summed E-state index contributed by atoms with van der Waals surface area (Å²) in [7, 11) is 4.13. The molecule has 0 fully saturated rings. The van der Waals surface area contributed by atoms with Gasteiger partial charge in [0, 0.05) is 24.8 Å². The molecule has 1 heterocycles. The van der Waals surface area contributed by atoms with E-state index in [0.717, 1.165) is 12.2 Å².